The molecule has 0 fully saturated rings. The van der Waals surface area contributed by atoms with Crippen molar-refractivity contribution in [1.82, 2.24) is 14.9 Å². The Labute approximate surface area is 169 Å². The van der Waals surface area contributed by atoms with Gasteiger partial charge in [0.1, 0.15) is 12.4 Å². The van der Waals surface area contributed by atoms with Gasteiger partial charge in [-0.25, -0.2) is 4.98 Å². The van der Waals surface area contributed by atoms with E-state index in [4.69, 9.17) is 15.5 Å². The van der Waals surface area contributed by atoms with E-state index in [0.717, 1.165) is 51.1 Å². The van der Waals surface area contributed by atoms with E-state index in [1.165, 1.54) is 0 Å². The second kappa shape index (κ2) is 7.93. The van der Waals surface area contributed by atoms with Crippen molar-refractivity contribution in [3.63, 3.8) is 0 Å². The fourth-order valence-electron chi connectivity index (χ4n) is 3.42. The largest absolute Gasteiger partial charge is 0.492 e. The summed E-state index contributed by atoms with van der Waals surface area (Å²) in [5, 5.41) is 0.989. The molecule has 0 aliphatic heterocycles. The number of rotatable bonds is 7. The van der Waals surface area contributed by atoms with Gasteiger partial charge in [0.2, 0.25) is 5.91 Å². The standard InChI is InChI=1S/C23H24N4O2/c1-27(2)10-11-29-17-8-9-18-20(14-17)26-22-16(13-21(24)28)12-19(25-23(18)22)15-6-4-3-5-7-15/h3-9,12,14,26H,10-11,13H2,1-2H3,(H2,24,28). The van der Waals surface area contributed by atoms with E-state index in [2.05, 4.69) is 9.88 Å². The van der Waals surface area contributed by atoms with Crippen LogP contribution in [0.25, 0.3) is 33.2 Å². The number of pyridine rings is 1. The number of H-pyrrole nitrogens is 1. The van der Waals surface area contributed by atoms with Gasteiger partial charge >= 0.3 is 0 Å². The maximum absolute atomic E-state index is 11.7. The Morgan fingerprint density at radius 2 is 1.93 bits per heavy atom. The molecule has 0 atom stereocenters. The number of likely N-dealkylation sites (N-methyl/N-ethyl adjacent to an activating group) is 1. The first-order valence-electron chi connectivity index (χ1n) is 9.58. The van der Waals surface area contributed by atoms with Gasteiger partial charge < -0.3 is 20.4 Å². The van der Waals surface area contributed by atoms with Crippen LogP contribution in [0.3, 0.4) is 0 Å². The lowest BCUT2D eigenvalue weighted by molar-refractivity contribution is -0.117. The Bertz CT molecular complexity index is 1170. The number of fused-ring (bicyclic) bond motifs is 3. The summed E-state index contributed by atoms with van der Waals surface area (Å²) in [5.74, 6) is 0.425. The summed E-state index contributed by atoms with van der Waals surface area (Å²) in [6, 6.07) is 17.8. The predicted molar refractivity (Wildman–Crippen MR) is 116 cm³/mol. The third-order valence-electron chi connectivity index (χ3n) is 4.85. The van der Waals surface area contributed by atoms with Gasteiger partial charge in [0.25, 0.3) is 0 Å². The van der Waals surface area contributed by atoms with Crippen LogP contribution in [0.5, 0.6) is 5.75 Å². The van der Waals surface area contributed by atoms with E-state index in [9.17, 15) is 4.79 Å². The number of primary amides is 1. The highest BCUT2D eigenvalue weighted by atomic mass is 16.5. The quantitative estimate of drug-likeness (QED) is 0.508. The number of nitrogens with zero attached hydrogens (tertiary/aromatic N) is 2. The van der Waals surface area contributed by atoms with Gasteiger partial charge in [-0.15, -0.1) is 0 Å². The number of hydrogen-bond acceptors (Lipinski definition) is 4. The van der Waals surface area contributed by atoms with Crippen molar-refractivity contribution in [2.45, 2.75) is 6.42 Å². The number of benzene rings is 2. The molecule has 0 saturated heterocycles. The molecule has 0 aliphatic carbocycles. The molecule has 2 aromatic heterocycles. The lowest BCUT2D eigenvalue weighted by Gasteiger charge is -2.10. The molecular formula is C23H24N4O2. The number of nitrogens with one attached hydrogen (secondary N) is 1. The summed E-state index contributed by atoms with van der Waals surface area (Å²) in [5.41, 5.74) is 10.8. The summed E-state index contributed by atoms with van der Waals surface area (Å²) in [6.07, 6.45) is 0.151. The van der Waals surface area contributed by atoms with Crippen molar-refractivity contribution >= 4 is 27.8 Å². The van der Waals surface area contributed by atoms with Gasteiger partial charge in [0.05, 0.1) is 28.7 Å². The van der Waals surface area contributed by atoms with Crippen LogP contribution >= 0.6 is 0 Å². The molecule has 0 aliphatic rings. The molecule has 148 valence electrons. The molecule has 1 amide bonds. The number of nitrogens with two attached hydrogens (primary N) is 1. The summed E-state index contributed by atoms with van der Waals surface area (Å²) in [4.78, 5) is 22.0. The first-order valence-corrected chi connectivity index (χ1v) is 9.58. The van der Waals surface area contributed by atoms with E-state index < -0.39 is 0 Å². The van der Waals surface area contributed by atoms with Gasteiger partial charge in [0.15, 0.2) is 0 Å². The molecule has 0 saturated carbocycles. The number of aromatic amines is 1. The van der Waals surface area contributed by atoms with Crippen molar-refractivity contribution in [3.05, 3.63) is 60.2 Å². The Hall–Kier alpha value is -3.38. The van der Waals surface area contributed by atoms with E-state index >= 15 is 0 Å². The van der Waals surface area contributed by atoms with Crippen LogP contribution in [-0.2, 0) is 11.2 Å². The Morgan fingerprint density at radius 3 is 2.66 bits per heavy atom. The Balaban J connectivity index is 1.81. The normalized spacial score (nSPS) is 11.4. The maximum atomic E-state index is 11.7. The van der Waals surface area contributed by atoms with E-state index in [1.807, 2.05) is 68.7 Å². The molecule has 0 radical (unpaired) electrons. The molecule has 0 unspecified atom stereocenters. The van der Waals surface area contributed by atoms with Crippen molar-refractivity contribution in [2.24, 2.45) is 5.73 Å². The van der Waals surface area contributed by atoms with Crippen LogP contribution in [0.4, 0.5) is 0 Å². The minimum absolute atomic E-state index is 0.151. The molecule has 29 heavy (non-hydrogen) atoms. The minimum Gasteiger partial charge on any atom is -0.492 e. The fraction of sp³-hybridized carbons (Fsp3) is 0.217. The van der Waals surface area contributed by atoms with Crippen molar-refractivity contribution < 1.29 is 9.53 Å². The molecule has 2 heterocycles. The third-order valence-corrected chi connectivity index (χ3v) is 4.85. The van der Waals surface area contributed by atoms with E-state index in [-0.39, 0.29) is 12.3 Å². The topological polar surface area (TPSA) is 84.2 Å². The van der Waals surface area contributed by atoms with Crippen molar-refractivity contribution in [2.75, 3.05) is 27.2 Å². The number of hydrogen-bond donors (Lipinski definition) is 2. The average molecular weight is 388 g/mol. The van der Waals surface area contributed by atoms with Gasteiger partial charge in [-0.2, -0.15) is 0 Å². The van der Waals surface area contributed by atoms with Gasteiger partial charge in [0, 0.05) is 23.6 Å². The lowest BCUT2D eigenvalue weighted by atomic mass is 10.0. The van der Waals surface area contributed by atoms with Crippen LogP contribution in [-0.4, -0.2) is 48.0 Å². The third kappa shape index (κ3) is 4.07. The molecule has 6 nitrogen and oxygen atoms in total. The lowest BCUT2D eigenvalue weighted by Crippen LogP contribution is -2.19. The molecule has 4 rings (SSSR count). The molecule has 0 bridgehead atoms. The number of carbonyl (C=O) groups is 1. The maximum Gasteiger partial charge on any atom is 0.221 e. The van der Waals surface area contributed by atoms with E-state index in [0.29, 0.717) is 6.61 Å². The average Bonchev–Trinajstić information content (AvgIpc) is 3.06. The number of ether oxygens (including phenoxy) is 1. The van der Waals surface area contributed by atoms with Crippen LogP contribution in [0, 0.1) is 0 Å². The number of aromatic nitrogens is 2. The zero-order valence-electron chi connectivity index (χ0n) is 16.6. The van der Waals surface area contributed by atoms with Gasteiger partial charge in [-0.3, -0.25) is 4.79 Å². The van der Waals surface area contributed by atoms with Gasteiger partial charge in [-0.1, -0.05) is 30.3 Å². The molecule has 3 N–H and O–H groups in total. The Morgan fingerprint density at radius 1 is 1.14 bits per heavy atom. The molecule has 0 spiro atoms. The number of amides is 1. The highest BCUT2D eigenvalue weighted by molar-refractivity contribution is 6.07. The summed E-state index contributed by atoms with van der Waals surface area (Å²) in [6.45, 7) is 1.46. The van der Waals surface area contributed by atoms with Gasteiger partial charge in [-0.05, 0) is 37.9 Å². The second-order valence-electron chi connectivity index (χ2n) is 7.38. The van der Waals surface area contributed by atoms with Crippen LogP contribution < -0.4 is 10.5 Å². The fourth-order valence-corrected chi connectivity index (χ4v) is 3.42. The summed E-state index contributed by atoms with van der Waals surface area (Å²) < 4.78 is 5.85. The molecule has 4 aromatic rings. The number of carbonyl (C=O) groups excluding carboxylic acids is 1. The molecule has 2 aromatic carbocycles. The predicted octanol–water partition coefficient (Wildman–Crippen LogP) is 3.35. The van der Waals surface area contributed by atoms with Crippen LogP contribution in [0.15, 0.2) is 54.6 Å². The molecule has 6 heteroatoms. The zero-order chi connectivity index (χ0) is 20.4. The highest BCUT2D eigenvalue weighted by Gasteiger charge is 2.15. The zero-order valence-corrected chi connectivity index (χ0v) is 16.6. The highest BCUT2D eigenvalue weighted by Crippen LogP contribution is 2.32. The second-order valence-corrected chi connectivity index (χ2v) is 7.38. The summed E-state index contributed by atoms with van der Waals surface area (Å²) >= 11 is 0. The minimum atomic E-state index is -0.372. The SMILES string of the molecule is CN(C)CCOc1ccc2c(c1)[nH]c1c(CC(N)=O)cc(-c3ccccc3)nc12. The smallest absolute Gasteiger partial charge is 0.221 e. The Kier molecular flexibility index (Phi) is 5.18. The first-order chi connectivity index (χ1) is 14.0. The first kappa shape index (κ1) is 19.0. The van der Waals surface area contributed by atoms with Crippen LogP contribution in [0.1, 0.15) is 5.56 Å². The van der Waals surface area contributed by atoms with E-state index in [1.54, 1.807) is 0 Å². The molecular weight excluding hydrogens is 364 g/mol. The van der Waals surface area contributed by atoms with Crippen molar-refractivity contribution in [1.29, 1.82) is 0 Å². The summed E-state index contributed by atoms with van der Waals surface area (Å²) in [7, 11) is 4.03. The van der Waals surface area contributed by atoms with Crippen LogP contribution in [0.2, 0.25) is 0 Å². The monoisotopic (exact) mass is 388 g/mol. The van der Waals surface area contributed by atoms with Crippen molar-refractivity contribution in [3.8, 4) is 17.0 Å².